The molecule has 0 spiro atoms. The standard InChI is InChI=1S/C14H20N2O.ClH/c1-10(15)14(17)16-9-12-7-4-6-11-5-2-3-8-13(11)12;/h2-3,5,8,10,12H,4,6-7,9,15H2,1H3,(H,16,17);1H. The number of nitrogens with one attached hydrogen (secondary N) is 1. The van der Waals surface area contributed by atoms with E-state index in [0.29, 0.717) is 12.5 Å². The highest BCUT2D eigenvalue weighted by atomic mass is 35.5. The molecule has 0 bridgehead atoms. The number of hydrogen-bond acceptors (Lipinski definition) is 2. The number of halogens is 1. The summed E-state index contributed by atoms with van der Waals surface area (Å²) in [6, 6.07) is 8.10. The van der Waals surface area contributed by atoms with Crippen molar-refractivity contribution in [1.82, 2.24) is 5.32 Å². The number of fused-ring (bicyclic) bond motifs is 1. The summed E-state index contributed by atoms with van der Waals surface area (Å²) in [6.45, 7) is 2.42. The lowest BCUT2D eigenvalue weighted by Crippen LogP contribution is -2.40. The molecule has 0 radical (unpaired) electrons. The quantitative estimate of drug-likeness (QED) is 0.881. The molecule has 2 atom stereocenters. The minimum absolute atomic E-state index is 0. The molecule has 1 aliphatic carbocycles. The minimum Gasteiger partial charge on any atom is -0.354 e. The van der Waals surface area contributed by atoms with Crippen molar-refractivity contribution >= 4 is 18.3 Å². The predicted octanol–water partition coefficient (Wildman–Crippen LogP) is 1.99. The Kier molecular flexibility index (Phi) is 5.63. The molecule has 3 nitrogen and oxygen atoms in total. The molecule has 0 heterocycles. The summed E-state index contributed by atoms with van der Waals surface area (Å²) in [6.07, 6.45) is 3.51. The largest absolute Gasteiger partial charge is 0.354 e. The lowest BCUT2D eigenvalue weighted by atomic mass is 9.83. The van der Waals surface area contributed by atoms with E-state index >= 15 is 0 Å². The van der Waals surface area contributed by atoms with Crippen LogP contribution in [-0.4, -0.2) is 18.5 Å². The van der Waals surface area contributed by atoms with Crippen LogP contribution in [-0.2, 0) is 11.2 Å². The van der Waals surface area contributed by atoms with Gasteiger partial charge in [-0.15, -0.1) is 12.4 Å². The normalized spacial score (nSPS) is 19.3. The number of amides is 1. The first-order valence-corrected chi connectivity index (χ1v) is 6.29. The fraction of sp³-hybridized carbons (Fsp3) is 0.500. The Hall–Kier alpha value is -1.06. The van der Waals surface area contributed by atoms with Crippen LogP contribution >= 0.6 is 12.4 Å². The number of carbonyl (C=O) groups is 1. The van der Waals surface area contributed by atoms with Gasteiger partial charge in [0.2, 0.25) is 5.91 Å². The number of carbonyl (C=O) groups excluding carboxylic acids is 1. The molecule has 0 fully saturated rings. The summed E-state index contributed by atoms with van der Waals surface area (Å²) in [7, 11) is 0. The second-order valence-electron chi connectivity index (χ2n) is 4.82. The maximum atomic E-state index is 11.5. The van der Waals surface area contributed by atoms with Crippen LogP contribution in [0.25, 0.3) is 0 Å². The Bertz CT molecular complexity index is 407. The van der Waals surface area contributed by atoms with Gasteiger partial charge in [0.25, 0.3) is 0 Å². The molecule has 1 aromatic rings. The Morgan fingerprint density at radius 1 is 1.50 bits per heavy atom. The highest BCUT2D eigenvalue weighted by Crippen LogP contribution is 2.30. The summed E-state index contributed by atoms with van der Waals surface area (Å²) >= 11 is 0. The van der Waals surface area contributed by atoms with E-state index in [-0.39, 0.29) is 18.3 Å². The fourth-order valence-electron chi connectivity index (χ4n) is 2.45. The van der Waals surface area contributed by atoms with Crippen molar-refractivity contribution in [3.05, 3.63) is 35.4 Å². The average Bonchev–Trinajstić information content (AvgIpc) is 2.35. The van der Waals surface area contributed by atoms with E-state index in [2.05, 4.69) is 29.6 Å². The van der Waals surface area contributed by atoms with Gasteiger partial charge in [-0.1, -0.05) is 24.3 Å². The molecule has 1 aliphatic rings. The van der Waals surface area contributed by atoms with Gasteiger partial charge in [0.1, 0.15) is 0 Å². The van der Waals surface area contributed by atoms with E-state index in [1.807, 2.05) is 0 Å². The van der Waals surface area contributed by atoms with Crippen molar-refractivity contribution in [2.45, 2.75) is 38.1 Å². The van der Waals surface area contributed by atoms with Crippen LogP contribution in [0.5, 0.6) is 0 Å². The minimum atomic E-state index is -0.422. The third kappa shape index (κ3) is 3.47. The van der Waals surface area contributed by atoms with Crippen molar-refractivity contribution in [2.75, 3.05) is 6.54 Å². The van der Waals surface area contributed by atoms with Crippen LogP contribution in [0.2, 0.25) is 0 Å². The maximum Gasteiger partial charge on any atom is 0.236 e. The topological polar surface area (TPSA) is 55.1 Å². The van der Waals surface area contributed by atoms with Crippen molar-refractivity contribution in [3.8, 4) is 0 Å². The smallest absolute Gasteiger partial charge is 0.236 e. The van der Waals surface area contributed by atoms with Gasteiger partial charge in [0.15, 0.2) is 0 Å². The van der Waals surface area contributed by atoms with Crippen molar-refractivity contribution < 1.29 is 4.79 Å². The molecular weight excluding hydrogens is 248 g/mol. The van der Waals surface area contributed by atoms with Crippen molar-refractivity contribution in [2.24, 2.45) is 5.73 Å². The van der Waals surface area contributed by atoms with E-state index in [1.165, 1.54) is 17.5 Å². The third-order valence-corrected chi connectivity index (χ3v) is 3.43. The van der Waals surface area contributed by atoms with Gasteiger partial charge >= 0.3 is 0 Å². The van der Waals surface area contributed by atoms with Crippen LogP contribution in [0.15, 0.2) is 24.3 Å². The Morgan fingerprint density at radius 3 is 2.94 bits per heavy atom. The molecule has 0 saturated carbocycles. The lowest BCUT2D eigenvalue weighted by Gasteiger charge is -2.25. The summed E-state index contributed by atoms with van der Waals surface area (Å²) in [5.41, 5.74) is 8.36. The number of hydrogen-bond donors (Lipinski definition) is 2. The van der Waals surface area contributed by atoms with Gasteiger partial charge < -0.3 is 11.1 Å². The molecule has 2 rings (SSSR count). The monoisotopic (exact) mass is 268 g/mol. The molecule has 3 N–H and O–H groups in total. The van der Waals surface area contributed by atoms with Gasteiger partial charge in [0.05, 0.1) is 6.04 Å². The lowest BCUT2D eigenvalue weighted by molar-refractivity contribution is -0.122. The van der Waals surface area contributed by atoms with E-state index in [1.54, 1.807) is 6.92 Å². The third-order valence-electron chi connectivity index (χ3n) is 3.43. The van der Waals surface area contributed by atoms with E-state index < -0.39 is 6.04 Å². The number of aryl methyl sites for hydroxylation is 1. The summed E-state index contributed by atoms with van der Waals surface area (Å²) in [4.78, 5) is 11.5. The Labute approximate surface area is 115 Å². The molecule has 18 heavy (non-hydrogen) atoms. The second kappa shape index (κ2) is 6.76. The average molecular weight is 269 g/mol. The molecule has 1 amide bonds. The molecule has 0 aromatic heterocycles. The van der Waals surface area contributed by atoms with Crippen LogP contribution in [0.1, 0.15) is 36.8 Å². The van der Waals surface area contributed by atoms with Gasteiger partial charge in [-0.25, -0.2) is 0 Å². The van der Waals surface area contributed by atoms with E-state index in [4.69, 9.17) is 5.73 Å². The van der Waals surface area contributed by atoms with Gasteiger partial charge in [-0.05, 0) is 37.3 Å². The molecule has 1 aromatic carbocycles. The highest BCUT2D eigenvalue weighted by Gasteiger charge is 2.20. The first-order chi connectivity index (χ1) is 8.18. The summed E-state index contributed by atoms with van der Waals surface area (Å²) < 4.78 is 0. The molecule has 0 saturated heterocycles. The molecule has 100 valence electrons. The van der Waals surface area contributed by atoms with E-state index in [0.717, 1.165) is 12.8 Å². The van der Waals surface area contributed by atoms with Gasteiger partial charge in [-0.3, -0.25) is 4.79 Å². The van der Waals surface area contributed by atoms with Crippen LogP contribution in [0.3, 0.4) is 0 Å². The van der Waals surface area contributed by atoms with Crippen LogP contribution < -0.4 is 11.1 Å². The molecule has 4 heteroatoms. The van der Waals surface area contributed by atoms with Crippen molar-refractivity contribution in [1.29, 1.82) is 0 Å². The number of benzene rings is 1. The van der Waals surface area contributed by atoms with Crippen molar-refractivity contribution in [3.63, 3.8) is 0 Å². The predicted molar refractivity (Wildman–Crippen MR) is 76.0 cm³/mol. The maximum absolute atomic E-state index is 11.5. The van der Waals surface area contributed by atoms with E-state index in [9.17, 15) is 4.79 Å². The highest BCUT2D eigenvalue weighted by molar-refractivity contribution is 5.85. The molecular formula is C14H21ClN2O. The van der Waals surface area contributed by atoms with Crippen LogP contribution in [0, 0.1) is 0 Å². The number of nitrogens with two attached hydrogens (primary N) is 1. The van der Waals surface area contributed by atoms with Crippen LogP contribution in [0.4, 0.5) is 0 Å². The zero-order chi connectivity index (χ0) is 12.3. The van der Waals surface area contributed by atoms with Gasteiger partial charge in [-0.2, -0.15) is 0 Å². The zero-order valence-corrected chi connectivity index (χ0v) is 11.5. The zero-order valence-electron chi connectivity index (χ0n) is 10.7. The Balaban J connectivity index is 0.00000162. The Morgan fingerprint density at radius 2 is 2.22 bits per heavy atom. The SMILES string of the molecule is CC(N)C(=O)NCC1CCCc2ccccc21.Cl. The number of rotatable bonds is 3. The second-order valence-corrected chi connectivity index (χ2v) is 4.82. The van der Waals surface area contributed by atoms with Gasteiger partial charge in [0, 0.05) is 12.5 Å². The fourth-order valence-corrected chi connectivity index (χ4v) is 2.45. The summed E-state index contributed by atoms with van der Waals surface area (Å²) in [5.74, 6) is 0.385. The first kappa shape index (κ1) is 15.0. The summed E-state index contributed by atoms with van der Waals surface area (Å²) in [5, 5.41) is 2.93. The molecule has 0 aliphatic heterocycles. The first-order valence-electron chi connectivity index (χ1n) is 6.29. The molecule has 2 unspecified atom stereocenters.